The molecule has 1 fully saturated rings. The SMILES string of the molecule is NC(CCc1cc(O)c(C(c2cccc(NS(=O)(=O)c3ncc[nH]3)c2)C2CC2)c(=O)o1)C(=O)CC[C@H](N)C(=O)O. The monoisotopic (exact) mass is 573 g/mol. The minimum Gasteiger partial charge on any atom is -0.507 e. The Morgan fingerprint density at radius 1 is 1.18 bits per heavy atom. The molecule has 1 aliphatic rings. The molecule has 14 heteroatoms. The molecule has 40 heavy (non-hydrogen) atoms. The number of rotatable bonds is 14. The van der Waals surface area contributed by atoms with Crippen LogP contribution in [0.3, 0.4) is 0 Å². The number of carbonyl (C=O) groups excluding carboxylic acids is 1. The van der Waals surface area contributed by atoms with Gasteiger partial charge in [0.1, 0.15) is 23.3 Å². The smallest absolute Gasteiger partial charge is 0.343 e. The Kier molecular flexibility index (Phi) is 8.71. The minimum absolute atomic E-state index is 0.0412. The van der Waals surface area contributed by atoms with E-state index in [1.165, 1.54) is 18.5 Å². The fourth-order valence-corrected chi connectivity index (χ4v) is 5.47. The molecule has 2 heterocycles. The number of nitrogens with one attached hydrogen (secondary N) is 2. The van der Waals surface area contributed by atoms with Crippen molar-refractivity contribution in [2.45, 2.75) is 61.7 Å². The number of anilines is 1. The molecule has 13 nitrogen and oxygen atoms in total. The fraction of sp³-hybridized carbons (Fsp3) is 0.385. The second-order valence-electron chi connectivity index (χ2n) is 9.83. The van der Waals surface area contributed by atoms with Crippen molar-refractivity contribution in [2.24, 2.45) is 17.4 Å². The third-order valence-corrected chi connectivity index (χ3v) is 8.02. The summed E-state index contributed by atoms with van der Waals surface area (Å²) in [5.74, 6) is -2.16. The quantitative estimate of drug-likeness (QED) is 0.161. The Bertz CT molecular complexity index is 1530. The van der Waals surface area contributed by atoms with Gasteiger partial charge in [0, 0.05) is 42.9 Å². The van der Waals surface area contributed by atoms with Crippen LogP contribution in [-0.2, 0) is 26.0 Å². The Morgan fingerprint density at radius 2 is 1.93 bits per heavy atom. The molecule has 2 unspecified atom stereocenters. The van der Waals surface area contributed by atoms with E-state index in [0.29, 0.717) is 5.56 Å². The minimum atomic E-state index is -3.95. The van der Waals surface area contributed by atoms with E-state index in [4.69, 9.17) is 21.0 Å². The largest absolute Gasteiger partial charge is 0.507 e. The maximum Gasteiger partial charge on any atom is 0.343 e. The van der Waals surface area contributed by atoms with E-state index < -0.39 is 39.6 Å². The topological polar surface area (TPSA) is 232 Å². The first-order valence-electron chi connectivity index (χ1n) is 12.7. The molecule has 1 aromatic carbocycles. The second-order valence-corrected chi connectivity index (χ2v) is 11.4. The summed E-state index contributed by atoms with van der Waals surface area (Å²) in [6.45, 7) is 0. The third kappa shape index (κ3) is 6.94. The van der Waals surface area contributed by atoms with Crippen molar-refractivity contribution in [1.29, 1.82) is 0 Å². The number of aromatic hydroxyl groups is 1. The van der Waals surface area contributed by atoms with Crippen molar-refractivity contribution < 1.29 is 32.6 Å². The Morgan fingerprint density at radius 3 is 2.55 bits per heavy atom. The zero-order valence-electron chi connectivity index (χ0n) is 21.4. The van der Waals surface area contributed by atoms with Gasteiger partial charge in [-0.3, -0.25) is 14.3 Å². The van der Waals surface area contributed by atoms with Crippen molar-refractivity contribution in [3.8, 4) is 5.75 Å². The van der Waals surface area contributed by atoms with E-state index >= 15 is 0 Å². The number of H-pyrrole nitrogens is 1. The predicted molar refractivity (Wildman–Crippen MR) is 143 cm³/mol. The molecule has 8 N–H and O–H groups in total. The van der Waals surface area contributed by atoms with Gasteiger partial charge in [-0.1, -0.05) is 12.1 Å². The van der Waals surface area contributed by atoms with E-state index in [1.807, 2.05) is 0 Å². The van der Waals surface area contributed by atoms with E-state index in [2.05, 4.69) is 14.7 Å². The van der Waals surface area contributed by atoms with E-state index in [9.17, 15) is 27.9 Å². The highest BCUT2D eigenvalue weighted by atomic mass is 32.2. The molecule has 3 atom stereocenters. The predicted octanol–water partition coefficient (Wildman–Crippen LogP) is 1.43. The molecule has 1 saturated carbocycles. The van der Waals surface area contributed by atoms with Crippen molar-refractivity contribution in [3.63, 3.8) is 0 Å². The van der Waals surface area contributed by atoms with E-state index in [-0.39, 0.29) is 65.3 Å². The molecule has 2 aromatic heterocycles. The number of sulfonamides is 1. The normalized spacial score (nSPS) is 15.8. The number of nitrogens with zero attached hydrogens (tertiary/aromatic N) is 1. The van der Waals surface area contributed by atoms with Crippen LogP contribution >= 0.6 is 0 Å². The molecule has 0 spiro atoms. The second kappa shape index (κ2) is 12.0. The lowest BCUT2D eigenvalue weighted by Crippen LogP contribution is -2.35. The molecular weight excluding hydrogens is 542 g/mol. The number of benzene rings is 1. The molecular formula is C26H31N5O8S. The summed E-state index contributed by atoms with van der Waals surface area (Å²) in [7, 11) is -3.95. The van der Waals surface area contributed by atoms with Crippen molar-refractivity contribution in [1.82, 2.24) is 9.97 Å². The lowest BCUT2D eigenvalue weighted by molar-refractivity contribution is -0.138. The van der Waals surface area contributed by atoms with Gasteiger partial charge in [0.15, 0.2) is 0 Å². The number of ketones is 1. The van der Waals surface area contributed by atoms with Crippen LogP contribution in [0, 0.1) is 5.92 Å². The van der Waals surface area contributed by atoms with Crippen molar-refractivity contribution in [2.75, 3.05) is 4.72 Å². The number of imidazole rings is 1. The molecule has 3 aromatic rings. The number of aromatic amines is 1. The van der Waals surface area contributed by atoms with Gasteiger partial charge in [0.05, 0.1) is 11.6 Å². The first kappa shape index (κ1) is 29.0. The molecule has 4 rings (SSSR count). The summed E-state index contributed by atoms with van der Waals surface area (Å²) < 4.78 is 33.1. The lowest BCUT2D eigenvalue weighted by Gasteiger charge is -2.19. The average Bonchev–Trinajstić information content (AvgIpc) is 3.57. The zero-order chi connectivity index (χ0) is 29.0. The van der Waals surface area contributed by atoms with Crippen LogP contribution in [-0.4, -0.2) is 52.4 Å². The van der Waals surface area contributed by atoms with Crippen LogP contribution in [0.5, 0.6) is 5.75 Å². The third-order valence-electron chi connectivity index (χ3n) is 6.78. The number of aromatic nitrogens is 2. The van der Waals surface area contributed by atoms with Crippen LogP contribution < -0.4 is 21.8 Å². The van der Waals surface area contributed by atoms with Crippen LogP contribution in [0.4, 0.5) is 5.69 Å². The van der Waals surface area contributed by atoms with Crippen molar-refractivity contribution in [3.05, 3.63) is 70.0 Å². The van der Waals surface area contributed by atoms with Gasteiger partial charge < -0.3 is 31.1 Å². The number of aliphatic carboxylic acids is 1. The first-order chi connectivity index (χ1) is 19.0. The summed E-state index contributed by atoms with van der Waals surface area (Å²) in [5, 5.41) is 19.5. The highest BCUT2D eigenvalue weighted by Gasteiger charge is 2.37. The maximum atomic E-state index is 13.1. The van der Waals surface area contributed by atoms with Gasteiger partial charge in [-0.25, -0.2) is 9.78 Å². The molecule has 214 valence electrons. The van der Waals surface area contributed by atoms with E-state index in [0.717, 1.165) is 12.8 Å². The summed E-state index contributed by atoms with van der Waals surface area (Å²) in [4.78, 5) is 42.4. The zero-order valence-corrected chi connectivity index (χ0v) is 22.3. The molecule has 0 aliphatic heterocycles. The van der Waals surface area contributed by atoms with Crippen LogP contribution in [0.25, 0.3) is 0 Å². The maximum absolute atomic E-state index is 13.1. The van der Waals surface area contributed by atoms with Gasteiger partial charge in [-0.05, 0) is 49.3 Å². The number of Topliss-reactive ketones (excluding diaryl/α,β-unsaturated/α-hetero) is 1. The number of carboxylic acid groups (broad SMARTS) is 1. The van der Waals surface area contributed by atoms with Gasteiger partial charge in [0.2, 0.25) is 5.16 Å². The van der Waals surface area contributed by atoms with Gasteiger partial charge in [-0.2, -0.15) is 8.42 Å². The standard InChI is InChI=1S/C26H31N5O8S/c27-18(20(32)9-8-19(28)24(34)35)7-6-17-13-21(33)23(25(36)39-17)22(14-4-5-14)15-2-1-3-16(12-15)31-40(37,38)26-29-10-11-30-26/h1-3,10-14,18-19,22,31,33H,4-9,27-28H2,(H,29,30)(H,34,35)/t18?,19-,22?/m0/s1. The molecule has 0 bridgehead atoms. The summed E-state index contributed by atoms with van der Waals surface area (Å²) in [6.07, 6.45) is 4.43. The van der Waals surface area contributed by atoms with Gasteiger partial charge >= 0.3 is 11.6 Å². The Balaban J connectivity index is 1.49. The summed E-state index contributed by atoms with van der Waals surface area (Å²) in [6, 6.07) is 5.83. The number of nitrogens with two attached hydrogens (primary N) is 2. The number of carbonyl (C=O) groups is 2. The summed E-state index contributed by atoms with van der Waals surface area (Å²) >= 11 is 0. The molecule has 1 aliphatic carbocycles. The van der Waals surface area contributed by atoms with Crippen LogP contribution in [0.2, 0.25) is 0 Å². The van der Waals surface area contributed by atoms with Gasteiger partial charge in [0.25, 0.3) is 10.0 Å². The highest BCUT2D eigenvalue weighted by molar-refractivity contribution is 7.92. The molecule has 0 radical (unpaired) electrons. The van der Waals surface area contributed by atoms with E-state index in [1.54, 1.807) is 24.3 Å². The van der Waals surface area contributed by atoms with Gasteiger partial charge in [-0.15, -0.1) is 0 Å². The van der Waals surface area contributed by atoms with Crippen LogP contribution in [0.15, 0.2) is 57.1 Å². The number of carboxylic acids is 1. The fourth-order valence-electron chi connectivity index (χ4n) is 4.51. The number of aryl methyl sites for hydroxylation is 1. The van der Waals surface area contributed by atoms with Crippen molar-refractivity contribution >= 4 is 27.5 Å². The molecule has 0 saturated heterocycles. The Labute approximate surface area is 229 Å². The van der Waals surface area contributed by atoms with Crippen LogP contribution in [0.1, 0.15) is 54.9 Å². The summed E-state index contributed by atoms with van der Waals surface area (Å²) in [5.41, 5.74) is 11.6. The lowest BCUT2D eigenvalue weighted by atomic mass is 9.87. The number of hydrogen-bond acceptors (Lipinski definition) is 10. The first-order valence-corrected chi connectivity index (χ1v) is 14.2. The highest BCUT2D eigenvalue weighted by Crippen LogP contribution is 2.48. The Hall–Kier alpha value is -4.01. The number of hydrogen-bond donors (Lipinski definition) is 6. The average molecular weight is 574 g/mol. The molecule has 0 amide bonds.